The minimum Gasteiger partial charge on any atom is -0.463 e. The third-order valence-electron chi connectivity index (χ3n) is 5.45. The Kier molecular flexibility index (Phi) is 12.5. The van der Waals surface area contributed by atoms with Gasteiger partial charge in [0.15, 0.2) is 12.2 Å². The van der Waals surface area contributed by atoms with Crippen LogP contribution in [0.25, 0.3) is 0 Å². The van der Waals surface area contributed by atoms with Gasteiger partial charge in [0, 0.05) is 20.5 Å². The van der Waals surface area contributed by atoms with Crippen LogP contribution in [0.15, 0.2) is 0 Å². The van der Waals surface area contributed by atoms with Crippen molar-refractivity contribution in [3.8, 4) is 0 Å². The molecule has 38 heavy (non-hydrogen) atoms. The number of nitrogens with zero attached hydrogens (tertiary/aromatic N) is 2. The lowest BCUT2D eigenvalue weighted by molar-refractivity contribution is -0.171. The van der Waals surface area contributed by atoms with E-state index in [-0.39, 0.29) is 13.2 Å². The van der Waals surface area contributed by atoms with Gasteiger partial charge in [-0.3, -0.25) is 24.6 Å². The van der Waals surface area contributed by atoms with E-state index in [1.165, 1.54) is 46.6 Å². The van der Waals surface area contributed by atoms with Crippen LogP contribution in [-0.4, -0.2) is 102 Å². The maximum Gasteiger partial charge on any atom is 0.429 e. The zero-order valence-electron chi connectivity index (χ0n) is 22.7. The largest absolute Gasteiger partial charge is 0.463 e. The molecule has 1 aliphatic rings. The molecule has 0 bridgehead atoms. The van der Waals surface area contributed by atoms with Crippen LogP contribution in [0.3, 0.4) is 0 Å². The predicted octanol–water partition coefficient (Wildman–Crippen LogP) is -1.01. The van der Waals surface area contributed by atoms with Crippen molar-refractivity contribution in [2.24, 2.45) is 0 Å². The molecule has 0 aromatic rings. The van der Waals surface area contributed by atoms with Crippen molar-refractivity contribution in [3.05, 3.63) is 0 Å². The zero-order chi connectivity index (χ0) is 29.2. The Labute approximate surface area is 220 Å². The van der Waals surface area contributed by atoms with Gasteiger partial charge < -0.3 is 29.7 Å². The molecule has 0 aromatic carbocycles. The van der Waals surface area contributed by atoms with Gasteiger partial charge >= 0.3 is 18.0 Å². The second kappa shape index (κ2) is 14.7. The number of nitrogens with one attached hydrogen (secondary N) is 3. The van der Waals surface area contributed by atoms with Gasteiger partial charge in [-0.15, -0.1) is 0 Å². The summed E-state index contributed by atoms with van der Waals surface area (Å²) in [5.74, 6) is -3.89. The molecule has 5 amide bonds. The van der Waals surface area contributed by atoms with E-state index in [1.807, 2.05) is 0 Å². The molecule has 0 aliphatic carbocycles. The Morgan fingerprint density at radius 2 is 1.53 bits per heavy atom. The van der Waals surface area contributed by atoms with Gasteiger partial charge in [0.1, 0.15) is 18.1 Å². The van der Waals surface area contributed by atoms with Crippen molar-refractivity contribution in [2.75, 3.05) is 20.2 Å². The van der Waals surface area contributed by atoms with Gasteiger partial charge in [0.25, 0.3) is 5.91 Å². The molecule has 5 atom stereocenters. The van der Waals surface area contributed by atoms with Crippen LogP contribution in [0.2, 0.25) is 0 Å². The predicted molar refractivity (Wildman–Crippen MR) is 130 cm³/mol. The summed E-state index contributed by atoms with van der Waals surface area (Å²) in [7, 11) is 1.19. The number of ether oxygens (including phenoxy) is 3. The molecule has 1 rings (SSSR count). The summed E-state index contributed by atoms with van der Waals surface area (Å²) in [6.07, 6.45) is -2.85. The van der Waals surface area contributed by atoms with E-state index in [9.17, 15) is 33.6 Å². The van der Waals surface area contributed by atoms with Crippen molar-refractivity contribution in [1.29, 1.82) is 0 Å². The number of hydrogen-bond donors (Lipinski definition) is 3. The Hall–Kier alpha value is -3.91. The van der Waals surface area contributed by atoms with Crippen LogP contribution in [0.4, 0.5) is 4.79 Å². The second-order valence-corrected chi connectivity index (χ2v) is 8.73. The van der Waals surface area contributed by atoms with E-state index in [2.05, 4.69) is 16.1 Å². The normalized spacial score (nSPS) is 17.7. The first kappa shape index (κ1) is 32.1. The summed E-state index contributed by atoms with van der Waals surface area (Å²) in [6.45, 7) is 8.68. The lowest BCUT2D eigenvalue weighted by atomic mass is 10.2. The lowest BCUT2D eigenvalue weighted by Gasteiger charge is -2.29. The molecule has 1 aliphatic heterocycles. The minimum absolute atomic E-state index is 0.102. The Morgan fingerprint density at radius 3 is 2.11 bits per heavy atom. The molecule has 0 saturated carbocycles. The van der Waals surface area contributed by atoms with Gasteiger partial charge in [-0.05, 0) is 47.5 Å². The number of esters is 2. The van der Waals surface area contributed by atoms with Gasteiger partial charge in [-0.25, -0.2) is 19.4 Å². The molecule has 0 unspecified atom stereocenters. The molecular weight excluding hydrogens is 506 g/mol. The summed E-state index contributed by atoms with van der Waals surface area (Å²) in [5.41, 5.74) is 2.31. The fraction of sp³-hybridized carbons (Fsp3) is 0.696. The van der Waals surface area contributed by atoms with Crippen molar-refractivity contribution in [3.63, 3.8) is 0 Å². The number of hydrogen-bond acceptors (Lipinski definition) is 10. The third kappa shape index (κ3) is 9.52. The van der Waals surface area contributed by atoms with E-state index in [0.717, 1.165) is 0 Å². The van der Waals surface area contributed by atoms with Gasteiger partial charge in [0.05, 0.1) is 6.61 Å². The molecule has 1 fully saturated rings. The van der Waals surface area contributed by atoms with E-state index >= 15 is 0 Å². The SMILES string of the molecule is CCOC(=O)[C@H](C)OC(=O)[C@H](C)OC(=O)N(C)NC(=O)[C@@H]1CCCN1C(=O)[C@H](C)NC(=O)[C@H](C)NC(C)=O. The van der Waals surface area contributed by atoms with Crippen LogP contribution in [0.5, 0.6) is 0 Å². The number of carbonyl (C=O) groups is 7. The maximum atomic E-state index is 12.9. The summed E-state index contributed by atoms with van der Waals surface area (Å²) < 4.78 is 14.6. The number of likely N-dealkylation sites (tertiary alicyclic amines) is 1. The van der Waals surface area contributed by atoms with E-state index in [1.54, 1.807) is 6.92 Å². The fourth-order valence-corrected chi connectivity index (χ4v) is 3.46. The van der Waals surface area contributed by atoms with Crippen molar-refractivity contribution in [2.45, 2.75) is 84.7 Å². The minimum atomic E-state index is -1.40. The average Bonchev–Trinajstić information content (AvgIpc) is 3.32. The molecule has 3 N–H and O–H groups in total. The van der Waals surface area contributed by atoms with Crippen molar-refractivity contribution < 1.29 is 47.8 Å². The summed E-state index contributed by atoms with van der Waals surface area (Å²) >= 11 is 0. The highest BCUT2D eigenvalue weighted by atomic mass is 16.6. The second-order valence-electron chi connectivity index (χ2n) is 8.73. The summed E-state index contributed by atoms with van der Waals surface area (Å²) in [5, 5.41) is 5.63. The molecule has 15 heteroatoms. The van der Waals surface area contributed by atoms with Crippen LogP contribution < -0.4 is 16.1 Å². The molecule has 0 spiro atoms. The first-order chi connectivity index (χ1) is 17.7. The van der Waals surface area contributed by atoms with E-state index in [0.29, 0.717) is 17.9 Å². The van der Waals surface area contributed by atoms with Crippen LogP contribution >= 0.6 is 0 Å². The zero-order valence-corrected chi connectivity index (χ0v) is 22.7. The highest BCUT2D eigenvalue weighted by molar-refractivity contribution is 5.94. The number of carbonyl (C=O) groups excluding carboxylic acids is 7. The first-order valence-electron chi connectivity index (χ1n) is 12.2. The Bertz CT molecular complexity index is 926. The van der Waals surface area contributed by atoms with Gasteiger partial charge in [0.2, 0.25) is 17.7 Å². The highest BCUT2D eigenvalue weighted by Gasteiger charge is 2.37. The highest BCUT2D eigenvalue weighted by Crippen LogP contribution is 2.19. The lowest BCUT2D eigenvalue weighted by Crippen LogP contribution is -2.56. The van der Waals surface area contributed by atoms with E-state index in [4.69, 9.17) is 14.2 Å². The van der Waals surface area contributed by atoms with Crippen molar-refractivity contribution in [1.82, 2.24) is 26.0 Å². The molecule has 1 heterocycles. The van der Waals surface area contributed by atoms with Crippen LogP contribution in [0, 0.1) is 0 Å². The third-order valence-corrected chi connectivity index (χ3v) is 5.45. The molecule has 214 valence electrons. The Morgan fingerprint density at radius 1 is 0.921 bits per heavy atom. The van der Waals surface area contributed by atoms with Crippen molar-refractivity contribution >= 4 is 41.7 Å². The maximum absolute atomic E-state index is 12.9. The summed E-state index contributed by atoms with van der Waals surface area (Å²) in [4.78, 5) is 86.4. The standard InChI is InChI=1S/C23H37N5O10/c1-8-36-21(33)14(4)37-22(34)15(5)38-23(35)27(7)26-19(31)17-10-9-11-28(17)20(32)13(3)25-18(30)12(2)24-16(6)29/h12-15,17H,8-11H2,1-7H3,(H,24,29)(H,25,30)(H,26,31)/t12-,13-,14-,15-,17-/m0/s1. The number of amides is 5. The monoisotopic (exact) mass is 543 g/mol. The smallest absolute Gasteiger partial charge is 0.429 e. The number of rotatable bonds is 10. The van der Waals surface area contributed by atoms with Gasteiger partial charge in [-0.2, -0.15) is 0 Å². The average molecular weight is 544 g/mol. The topological polar surface area (TPSA) is 190 Å². The van der Waals surface area contributed by atoms with Crippen LogP contribution in [-0.2, 0) is 43.0 Å². The summed E-state index contributed by atoms with van der Waals surface area (Å²) in [6, 6.07) is -2.75. The molecule has 15 nitrogen and oxygen atoms in total. The molecule has 0 radical (unpaired) electrons. The molecular formula is C23H37N5O10. The fourth-order valence-electron chi connectivity index (χ4n) is 3.46. The Balaban J connectivity index is 2.66. The number of hydrazine groups is 1. The quantitative estimate of drug-likeness (QED) is 0.175. The molecule has 1 saturated heterocycles. The molecule has 0 aromatic heterocycles. The van der Waals surface area contributed by atoms with E-state index < -0.39 is 72.0 Å². The first-order valence-corrected chi connectivity index (χ1v) is 12.2. The van der Waals surface area contributed by atoms with Gasteiger partial charge in [-0.1, -0.05) is 0 Å². The van der Waals surface area contributed by atoms with Crippen LogP contribution in [0.1, 0.15) is 54.4 Å².